The topological polar surface area (TPSA) is 60.2 Å². The van der Waals surface area contributed by atoms with Crippen LogP contribution in [-0.4, -0.2) is 23.9 Å². The lowest BCUT2D eigenvalue weighted by atomic mass is 10.00. The molecule has 0 aliphatic carbocycles. The molecular weight excluding hydrogens is 222 g/mol. The minimum atomic E-state index is -0.559. The Morgan fingerprint density at radius 2 is 2.17 bits per heavy atom. The zero-order chi connectivity index (χ0) is 9.40. The van der Waals surface area contributed by atoms with Gasteiger partial charge in [-0.25, -0.2) is 0 Å². The average Bonchev–Trinajstić information content (AvgIpc) is 2.11. The van der Waals surface area contributed by atoms with Crippen LogP contribution in [0.2, 0.25) is 0 Å². The van der Waals surface area contributed by atoms with Crippen LogP contribution in [0, 0.1) is 5.92 Å². The molecule has 0 aromatic rings. The molecule has 0 heterocycles. The van der Waals surface area contributed by atoms with Crippen molar-refractivity contribution in [3.8, 4) is 0 Å². The molecule has 0 amide bonds. The average molecular weight is 235 g/mol. The third kappa shape index (κ3) is 4.62. The van der Waals surface area contributed by atoms with Crippen LogP contribution in [0.25, 0.3) is 0 Å². The van der Waals surface area contributed by atoms with Gasteiger partial charge in [0.1, 0.15) is 0 Å². The van der Waals surface area contributed by atoms with Crippen molar-refractivity contribution in [3.63, 3.8) is 0 Å². The summed E-state index contributed by atoms with van der Waals surface area (Å²) in [5, 5.41) is 0.232. The molecule has 2 N–H and O–H groups in total. The van der Waals surface area contributed by atoms with Crippen LogP contribution in [0.3, 0.4) is 0 Å². The molecule has 4 heteroatoms. The Hall–Kier alpha value is -0.220. The highest BCUT2D eigenvalue weighted by molar-refractivity contribution is 9.09. The Morgan fingerprint density at radius 1 is 1.50 bits per heavy atom. The highest BCUT2D eigenvalue weighted by atomic mass is 79.9. The van der Waals surface area contributed by atoms with Crippen molar-refractivity contribution in [3.05, 3.63) is 0 Å². The maximum absolute atomic E-state index is 11.0. The van der Waals surface area contributed by atoms with E-state index in [-0.39, 0.29) is 11.1 Å². The molecule has 0 saturated heterocycles. The summed E-state index contributed by atoms with van der Waals surface area (Å²) in [6.07, 6.45) is 3.99. The first kappa shape index (κ1) is 11.8. The van der Waals surface area contributed by atoms with E-state index >= 15 is 0 Å². The molecule has 0 rings (SSSR count). The second kappa shape index (κ2) is 7.43. The summed E-state index contributed by atoms with van der Waals surface area (Å²) >= 11 is 3.01. The molecule has 0 fully saturated rings. The van der Waals surface area contributed by atoms with Gasteiger partial charge in [-0.15, -0.1) is 0 Å². The number of halogens is 1. The van der Waals surface area contributed by atoms with Gasteiger partial charge in [0.05, 0.1) is 11.2 Å². The predicted molar refractivity (Wildman–Crippen MR) is 50.9 cm³/mol. The number of carbonyl (C=O) groups is 1. The van der Waals surface area contributed by atoms with Gasteiger partial charge in [0, 0.05) is 0 Å². The van der Waals surface area contributed by atoms with Gasteiger partial charge in [-0.2, -0.15) is 0 Å². The Labute approximate surface area is 80.8 Å². The van der Waals surface area contributed by atoms with E-state index in [4.69, 9.17) is 5.73 Å². The number of rotatable bonds is 7. The number of nitrogens with two attached hydrogens (primary N) is 1. The second-order valence-electron chi connectivity index (χ2n) is 2.55. The van der Waals surface area contributed by atoms with Crippen molar-refractivity contribution in [1.82, 2.24) is 0 Å². The lowest BCUT2D eigenvalue weighted by molar-refractivity contribution is -0.118. The largest absolute Gasteiger partial charge is 0.330 e. The van der Waals surface area contributed by atoms with Crippen LogP contribution in [0.4, 0.5) is 0 Å². The third-order valence-corrected chi connectivity index (χ3v) is 2.16. The molecule has 0 saturated carbocycles. The van der Waals surface area contributed by atoms with Crippen LogP contribution in [0.1, 0.15) is 19.3 Å². The summed E-state index contributed by atoms with van der Waals surface area (Å²) in [6.45, 7) is 0.605. The van der Waals surface area contributed by atoms with Crippen molar-refractivity contribution >= 4 is 28.0 Å². The van der Waals surface area contributed by atoms with E-state index < -0.39 is 5.92 Å². The second-order valence-corrected chi connectivity index (χ2v) is 3.12. The predicted octanol–water partition coefficient (Wildman–Crippen LogP) is 0.805. The maximum atomic E-state index is 11.0. The zero-order valence-electron chi connectivity index (χ0n) is 6.88. The number of ketones is 1. The van der Waals surface area contributed by atoms with Gasteiger partial charge in [0.15, 0.2) is 5.78 Å². The standard InChI is InChI=1S/C8H13BrNO2/c9-5-8(12)7(6-11)3-1-2-4-10/h7H,1-5,10H2. The lowest BCUT2D eigenvalue weighted by Gasteiger charge is -2.04. The van der Waals surface area contributed by atoms with Crippen molar-refractivity contribution in [2.75, 3.05) is 11.9 Å². The fraction of sp³-hybridized carbons (Fsp3) is 0.750. The number of carbonyl (C=O) groups excluding carboxylic acids is 2. The monoisotopic (exact) mass is 234 g/mol. The Kier molecular flexibility index (Phi) is 7.29. The van der Waals surface area contributed by atoms with Gasteiger partial charge < -0.3 is 5.73 Å². The van der Waals surface area contributed by atoms with Crippen LogP contribution >= 0.6 is 15.9 Å². The molecule has 0 bridgehead atoms. The smallest absolute Gasteiger partial charge is 0.209 e. The Morgan fingerprint density at radius 3 is 2.58 bits per heavy atom. The number of Topliss-reactive ketones (excluding diaryl/α,β-unsaturated/α-hetero) is 1. The Bertz CT molecular complexity index is 150. The number of hydrogen-bond donors (Lipinski definition) is 1. The minimum Gasteiger partial charge on any atom is -0.330 e. The molecular formula is C8H13BrNO2. The number of unbranched alkanes of at least 4 members (excludes halogenated alkanes) is 1. The summed E-state index contributed by atoms with van der Waals surface area (Å²) in [5.41, 5.74) is 5.27. The van der Waals surface area contributed by atoms with Crippen molar-refractivity contribution in [1.29, 1.82) is 0 Å². The summed E-state index contributed by atoms with van der Waals surface area (Å²) < 4.78 is 0. The van der Waals surface area contributed by atoms with E-state index in [9.17, 15) is 9.59 Å². The van der Waals surface area contributed by atoms with E-state index in [1.807, 2.05) is 0 Å². The summed E-state index contributed by atoms with van der Waals surface area (Å²) in [6, 6.07) is 0. The van der Waals surface area contributed by atoms with Crippen LogP contribution in [0.5, 0.6) is 0 Å². The lowest BCUT2D eigenvalue weighted by Crippen LogP contribution is -2.17. The molecule has 69 valence electrons. The number of hydrogen-bond acceptors (Lipinski definition) is 3. The van der Waals surface area contributed by atoms with E-state index in [1.54, 1.807) is 6.29 Å². The highest BCUT2D eigenvalue weighted by Crippen LogP contribution is 2.08. The first-order valence-corrected chi connectivity index (χ1v) is 5.04. The van der Waals surface area contributed by atoms with Crippen LogP contribution in [0.15, 0.2) is 0 Å². The molecule has 0 aliphatic rings. The highest BCUT2D eigenvalue weighted by Gasteiger charge is 2.16. The van der Waals surface area contributed by atoms with Crippen LogP contribution in [-0.2, 0) is 9.59 Å². The molecule has 3 nitrogen and oxygen atoms in total. The quantitative estimate of drug-likeness (QED) is 0.403. The first-order chi connectivity index (χ1) is 5.76. The Balaban J connectivity index is 3.67. The summed E-state index contributed by atoms with van der Waals surface area (Å²) in [5.74, 6) is -0.655. The molecule has 0 aromatic heterocycles. The molecule has 1 radical (unpaired) electrons. The van der Waals surface area contributed by atoms with Gasteiger partial charge >= 0.3 is 0 Å². The van der Waals surface area contributed by atoms with E-state index in [0.717, 1.165) is 12.8 Å². The van der Waals surface area contributed by atoms with Gasteiger partial charge in [-0.3, -0.25) is 9.59 Å². The SMILES string of the molecule is NCCCCC([C]=O)C(=O)CBr. The number of alkyl halides is 1. The minimum absolute atomic E-state index is 0.0954. The molecule has 12 heavy (non-hydrogen) atoms. The zero-order valence-corrected chi connectivity index (χ0v) is 8.47. The summed E-state index contributed by atoms with van der Waals surface area (Å²) in [7, 11) is 0. The van der Waals surface area contributed by atoms with Gasteiger partial charge in [0.2, 0.25) is 6.29 Å². The molecule has 1 unspecified atom stereocenters. The van der Waals surface area contributed by atoms with Crippen LogP contribution < -0.4 is 5.73 Å². The van der Waals surface area contributed by atoms with Crippen molar-refractivity contribution < 1.29 is 9.59 Å². The first-order valence-electron chi connectivity index (χ1n) is 3.92. The van der Waals surface area contributed by atoms with Gasteiger partial charge in [0.25, 0.3) is 0 Å². The van der Waals surface area contributed by atoms with Crippen molar-refractivity contribution in [2.45, 2.75) is 19.3 Å². The third-order valence-electron chi connectivity index (χ3n) is 1.61. The van der Waals surface area contributed by atoms with E-state index in [0.29, 0.717) is 13.0 Å². The fourth-order valence-electron chi connectivity index (χ4n) is 0.872. The molecule has 0 aromatic carbocycles. The normalized spacial score (nSPS) is 12.5. The van der Waals surface area contributed by atoms with Crippen molar-refractivity contribution in [2.24, 2.45) is 11.7 Å². The van der Waals surface area contributed by atoms with E-state index in [2.05, 4.69) is 15.9 Å². The maximum Gasteiger partial charge on any atom is 0.209 e. The van der Waals surface area contributed by atoms with Gasteiger partial charge in [-0.05, 0) is 19.4 Å². The summed E-state index contributed by atoms with van der Waals surface area (Å²) in [4.78, 5) is 21.3. The molecule has 0 aliphatic heterocycles. The fourth-order valence-corrected chi connectivity index (χ4v) is 1.26. The molecule has 1 atom stereocenters. The van der Waals surface area contributed by atoms with E-state index in [1.165, 1.54) is 0 Å². The van der Waals surface area contributed by atoms with Gasteiger partial charge in [-0.1, -0.05) is 22.4 Å². The molecule has 0 spiro atoms.